The summed E-state index contributed by atoms with van der Waals surface area (Å²) < 4.78 is 0. The first-order chi connectivity index (χ1) is 4.70. The van der Waals surface area contributed by atoms with Crippen LogP contribution in [0.5, 0.6) is 0 Å². The van der Waals surface area contributed by atoms with E-state index in [-0.39, 0.29) is 0 Å². The summed E-state index contributed by atoms with van der Waals surface area (Å²) in [5.74, 6) is 0. The maximum atomic E-state index is 2.20. The number of hydrogen-bond donors (Lipinski definition) is 0. The van der Waals surface area contributed by atoms with Crippen molar-refractivity contribution < 1.29 is 0 Å². The summed E-state index contributed by atoms with van der Waals surface area (Å²) in [6, 6.07) is 0. The molecule has 0 spiro atoms. The molecule has 0 atom stereocenters. The third-order valence-corrected chi connectivity index (χ3v) is 1.77. The fourth-order valence-corrected chi connectivity index (χ4v) is 0.979. The van der Waals surface area contributed by atoms with E-state index in [1.807, 2.05) is 0 Å². The number of hydrogen-bond acceptors (Lipinski definition) is 0. The van der Waals surface area contributed by atoms with E-state index in [2.05, 4.69) is 45.4 Å². The molecule has 0 aromatic heterocycles. The summed E-state index contributed by atoms with van der Waals surface area (Å²) in [6.07, 6.45) is 8.56. The Morgan fingerprint density at radius 1 is 1.00 bits per heavy atom. The molecule has 1 rings (SSSR count). The van der Waals surface area contributed by atoms with Gasteiger partial charge in [-0.05, 0) is 31.9 Å². The molecule has 0 unspecified atom stereocenters. The molecule has 0 fully saturated rings. The Kier molecular flexibility index (Phi) is 2.10. The molecule has 0 heterocycles. The SMILES string of the molecule is CC1=CC(C)=C(C)C=C[CH]1. The van der Waals surface area contributed by atoms with Crippen LogP contribution in [-0.4, -0.2) is 0 Å². The first-order valence-electron chi connectivity index (χ1n) is 3.57. The highest BCUT2D eigenvalue weighted by molar-refractivity contribution is 5.40. The maximum Gasteiger partial charge on any atom is 0.00808 e. The van der Waals surface area contributed by atoms with Gasteiger partial charge < -0.3 is 0 Å². The summed E-state index contributed by atoms with van der Waals surface area (Å²) in [5, 5.41) is 0. The second-order valence-electron chi connectivity index (χ2n) is 2.78. The standard InChI is InChI=1S/C10H13/c1-8-5-4-6-9(2)10(3)7-8/h4-7H,1-3H3. The Morgan fingerprint density at radius 3 is 2.40 bits per heavy atom. The zero-order chi connectivity index (χ0) is 7.56. The lowest BCUT2D eigenvalue weighted by atomic mass is 10.1. The third-order valence-electron chi connectivity index (χ3n) is 1.77. The fourth-order valence-electron chi connectivity index (χ4n) is 0.979. The van der Waals surface area contributed by atoms with Crippen molar-refractivity contribution in [3.63, 3.8) is 0 Å². The fraction of sp³-hybridized carbons (Fsp3) is 0.300. The van der Waals surface area contributed by atoms with Gasteiger partial charge in [-0.1, -0.05) is 23.8 Å². The van der Waals surface area contributed by atoms with Crippen LogP contribution < -0.4 is 0 Å². The Morgan fingerprint density at radius 2 is 1.70 bits per heavy atom. The second kappa shape index (κ2) is 2.87. The van der Waals surface area contributed by atoms with Gasteiger partial charge in [-0.25, -0.2) is 0 Å². The summed E-state index contributed by atoms with van der Waals surface area (Å²) in [6.45, 7) is 6.39. The summed E-state index contributed by atoms with van der Waals surface area (Å²) in [4.78, 5) is 0. The molecule has 0 heteroatoms. The molecular weight excluding hydrogens is 120 g/mol. The van der Waals surface area contributed by atoms with Gasteiger partial charge in [0.1, 0.15) is 0 Å². The van der Waals surface area contributed by atoms with Gasteiger partial charge in [0, 0.05) is 6.42 Å². The number of allylic oxidation sites excluding steroid dienone is 6. The molecule has 0 aromatic rings. The van der Waals surface area contributed by atoms with Crippen LogP contribution in [0.3, 0.4) is 0 Å². The summed E-state index contributed by atoms with van der Waals surface area (Å²) >= 11 is 0. The monoisotopic (exact) mass is 133 g/mol. The molecule has 1 aliphatic carbocycles. The van der Waals surface area contributed by atoms with Crippen molar-refractivity contribution in [1.82, 2.24) is 0 Å². The molecule has 0 N–H and O–H groups in total. The molecule has 10 heavy (non-hydrogen) atoms. The van der Waals surface area contributed by atoms with E-state index in [1.54, 1.807) is 0 Å². The quantitative estimate of drug-likeness (QED) is 0.476. The molecular formula is C10H13. The molecule has 1 aliphatic rings. The van der Waals surface area contributed by atoms with E-state index >= 15 is 0 Å². The van der Waals surface area contributed by atoms with Crippen molar-refractivity contribution in [3.05, 3.63) is 41.4 Å². The van der Waals surface area contributed by atoms with Crippen LogP contribution in [0.15, 0.2) is 34.9 Å². The van der Waals surface area contributed by atoms with E-state index in [9.17, 15) is 0 Å². The van der Waals surface area contributed by atoms with Gasteiger partial charge in [-0.15, -0.1) is 0 Å². The van der Waals surface area contributed by atoms with Crippen LogP contribution in [0.2, 0.25) is 0 Å². The average molecular weight is 133 g/mol. The predicted molar refractivity (Wildman–Crippen MR) is 45.6 cm³/mol. The highest BCUT2D eigenvalue weighted by atomic mass is 14.0. The normalized spacial score (nSPS) is 18.9. The van der Waals surface area contributed by atoms with Crippen molar-refractivity contribution in [3.8, 4) is 0 Å². The Hall–Kier alpha value is -0.780. The van der Waals surface area contributed by atoms with Gasteiger partial charge in [-0.3, -0.25) is 0 Å². The molecule has 0 saturated heterocycles. The zero-order valence-electron chi connectivity index (χ0n) is 6.81. The Bertz CT molecular complexity index is 214. The van der Waals surface area contributed by atoms with E-state index in [1.165, 1.54) is 16.7 Å². The summed E-state index contributed by atoms with van der Waals surface area (Å²) in [7, 11) is 0. The Balaban J connectivity index is 2.98. The number of rotatable bonds is 0. The highest BCUT2D eigenvalue weighted by Gasteiger charge is 1.95. The second-order valence-corrected chi connectivity index (χ2v) is 2.78. The molecule has 1 radical (unpaired) electrons. The van der Waals surface area contributed by atoms with Gasteiger partial charge in [0.2, 0.25) is 0 Å². The molecule has 53 valence electrons. The minimum absolute atomic E-state index is 1.32. The van der Waals surface area contributed by atoms with Crippen LogP contribution in [0.4, 0.5) is 0 Å². The molecule has 0 amide bonds. The zero-order valence-corrected chi connectivity index (χ0v) is 6.81. The Labute approximate surface area is 62.9 Å². The summed E-state index contributed by atoms with van der Waals surface area (Å²) in [5.41, 5.74) is 4.04. The van der Waals surface area contributed by atoms with Gasteiger partial charge in [0.25, 0.3) is 0 Å². The maximum absolute atomic E-state index is 2.20. The highest BCUT2D eigenvalue weighted by Crippen LogP contribution is 2.15. The molecule has 0 saturated carbocycles. The van der Waals surface area contributed by atoms with Crippen LogP contribution in [0.1, 0.15) is 20.8 Å². The topological polar surface area (TPSA) is 0 Å². The predicted octanol–water partition coefficient (Wildman–Crippen LogP) is 3.04. The van der Waals surface area contributed by atoms with E-state index < -0.39 is 0 Å². The minimum Gasteiger partial charge on any atom is -0.0762 e. The van der Waals surface area contributed by atoms with Crippen LogP contribution in [0.25, 0.3) is 0 Å². The molecule has 0 aromatic carbocycles. The van der Waals surface area contributed by atoms with Crippen LogP contribution in [-0.2, 0) is 0 Å². The van der Waals surface area contributed by atoms with Crippen molar-refractivity contribution in [2.75, 3.05) is 0 Å². The van der Waals surface area contributed by atoms with Crippen molar-refractivity contribution >= 4 is 0 Å². The van der Waals surface area contributed by atoms with E-state index in [0.29, 0.717) is 0 Å². The van der Waals surface area contributed by atoms with Gasteiger partial charge in [-0.2, -0.15) is 0 Å². The molecule has 0 nitrogen and oxygen atoms in total. The minimum atomic E-state index is 1.32. The van der Waals surface area contributed by atoms with Gasteiger partial charge in [0.05, 0.1) is 0 Å². The first-order valence-corrected chi connectivity index (χ1v) is 3.57. The molecule has 0 aliphatic heterocycles. The molecule has 0 bridgehead atoms. The first kappa shape index (κ1) is 7.33. The van der Waals surface area contributed by atoms with Crippen LogP contribution >= 0.6 is 0 Å². The van der Waals surface area contributed by atoms with E-state index in [4.69, 9.17) is 0 Å². The largest absolute Gasteiger partial charge is 0.0762 e. The van der Waals surface area contributed by atoms with Gasteiger partial charge >= 0.3 is 0 Å². The van der Waals surface area contributed by atoms with E-state index in [0.717, 1.165) is 0 Å². The lowest BCUT2D eigenvalue weighted by Gasteiger charge is -1.94. The van der Waals surface area contributed by atoms with Gasteiger partial charge in [0.15, 0.2) is 0 Å². The van der Waals surface area contributed by atoms with Crippen molar-refractivity contribution in [2.45, 2.75) is 20.8 Å². The lowest BCUT2D eigenvalue weighted by Crippen LogP contribution is -1.74. The smallest absolute Gasteiger partial charge is 0.00808 e. The average Bonchev–Trinajstić information content (AvgIpc) is 1.96. The van der Waals surface area contributed by atoms with Crippen LogP contribution in [0, 0.1) is 6.42 Å². The lowest BCUT2D eigenvalue weighted by molar-refractivity contribution is 1.36. The van der Waals surface area contributed by atoms with Crippen molar-refractivity contribution in [2.24, 2.45) is 0 Å². The van der Waals surface area contributed by atoms with Crippen molar-refractivity contribution in [1.29, 1.82) is 0 Å². The third kappa shape index (κ3) is 1.60.